The van der Waals surface area contributed by atoms with Crippen molar-refractivity contribution >= 4 is 38.9 Å². The Morgan fingerprint density at radius 1 is 0.422 bits per heavy atom. The number of fused-ring (bicyclic) bond motifs is 6. The van der Waals surface area contributed by atoms with Crippen molar-refractivity contribution in [2.24, 2.45) is 0 Å². The standard InChI is InChI=1S/C62H46N2/c1-61(39-16-5-17-40-61)48-23-18-26-51(42-48)63(52-36-38-56-55-28-13-15-30-59(55)64(60(56)43-52)49-24-10-4-11-25-49)50-34-31-44(32-35-50)45-33-37-54-53-27-12-14-29-57(53)62(58(54)41-45,46-19-6-2-7-20-46)47-21-8-3-9-22-47/h2-39,41-43H,40H2,1H3. The molecule has 10 aromatic rings. The SMILES string of the molecule is CC1(c2cccc(N(c3ccc(-c4ccc5c(c4)C(c4ccccc4)(c4ccccc4)c4ccccc4-5)cc3)c3ccc4c5ccccc5n(-c5ccccc5)c4c3)c2)C=CC=CC1. The Kier molecular flexibility index (Phi) is 8.95. The van der Waals surface area contributed by atoms with Crippen molar-refractivity contribution in [3.63, 3.8) is 0 Å². The van der Waals surface area contributed by atoms with Gasteiger partial charge in [0.15, 0.2) is 0 Å². The molecule has 12 rings (SSSR count). The van der Waals surface area contributed by atoms with Crippen molar-refractivity contribution in [3.05, 3.63) is 277 Å². The van der Waals surface area contributed by atoms with E-state index in [4.69, 9.17) is 0 Å². The lowest BCUT2D eigenvalue weighted by molar-refractivity contribution is 0.600. The Morgan fingerprint density at radius 3 is 1.78 bits per heavy atom. The molecule has 0 saturated heterocycles. The molecule has 0 amide bonds. The highest BCUT2D eigenvalue weighted by Crippen LogP contribution is 2.57. The minimum Gasteiger partial charge on any atom is -0.310 e. The van der Waals surface area contributed by atoms with Crippen LogP contribution >= 0.6 is 0 Å². The number of hydrogen-bond acceptors (Lipinski definition) is 1. The molecular formula is C62H46N2. The first-order chi connectivity index (χ1) is 31.6. The predicted molar refractivity (Wildman–Crippen MR) is 268 cm³/mol. The molecule has 304 valence electrons. The third kappa shape index (κ3) is 5.94. The summed E-state index contributed by atoms with van der Waals surface area (Å²) in [6, 6.07) is 83.0. The van der Waals surface area contributed by atoms with Crippen LogP contribution in [0.1, 0.15) is 41.2 Å². The van der Waals surface area contributed by atoms with Crippen molar-refractivity contribution < 1.29 is 0 Å². The van der Waals surface area contributed by atoms with Gasteiger partial charge in [0.1, 0.15) is 0 Å². The summed E-state index contributed by atoms with van der Waals surface area (Å²) in [5, 5.41) is 2.48. The lowest BCUT2D eigenvalue weighted by Crippen LogP contribution is -2.28. The van der Waals surface area contributed by atoms with Crippen LogP contribution in [0.5, 0.6) is 0 Å². The van der Waals surface area contributed by atoms with Crippen molar-refractivity contribution in [1.82, 2.24) is 4.57 Å². The molecule has 0 bridgehead atoms. The fraction of sp³-hybridized carbons (Fsp3) is 0.0645. The second-order valence-corrected chi connectivity index (χ2v) is 17.5. The van der Waals surface area contributed by atoms with Crippen LogP contribution in [0, 0.1) is 0 Å². The van der Waals surface area contributed by atoms with Crippen molar-refractivity contribution in [3.8, 4) is 27.9 Å². The number of aromatic nitrogens is 1. The van der Waals surface area contributed by atoms with E-state index in [2.05, 4.69) is 265 Å². The quantitative estimate of drug-likeness (QED) is 0.148. The fourth-order valence-electron chi connectivity index (χ4n) is 10.8. The highest BCUT2D eigenvalue weighted by molar-refractivity contribution is 6.10. The smallest absolute Gasteiger partial charge is 0.0713 e. The summed E-state index contributed by atoms with van der Waals surface area (Å²) in [6.07, 6.45) is 9.93. The number of nitrogens with zero attached hydrogens (tertiary/aromatic N) is 2. The van der Waals surface area contributed by atoms with Gasteiger partial charge in [-0.1, -0.05) is 195 Å². The molecule has 2 nitrogen and oxygen atoms in total. The molecule has 1 aromatic heterocycles. The highest BCUT2D eigenvalue weighted by atomic mass is 15.1. The molecule has 0 fully saturated rings. The Morgan fingerprint density at radius 2 is 1.03 bits per heavy atom. The molecule has 2 aliphatic carbocycles. The first-order valence-corrected chi connectivity index (χ1v) is 22.4. The van der Waals surface area contributed by atoms with E-state index in [9.17, 15) is 0 Å². The molecule has 1 heterocycles. The molecule has 0 spiro atoms. The maximum Gasteiger partial charge on any atom is 0.0713 e. The van der Waals surface area contributed by atoms with Gasteiger partial charge in [-0.05, 0) is 117 Å². The van der Waals surface area contributed by atoms with Gasteiger partial charge in [0.2, 0.25) is 0 Å². The Hall–Kier alpha value is -7.94. The third-order valence-electron chi connectivity index (χ3n) is 13.9. The van der Waals surface area contributed by atoms with E-state index in [-0.39, 0.29) is 5.41 Å². The lowest BCUT2D eigenvalue weighted by atomic mass is 9.67. The van der Waals surface area contributed by atoms with Gasteiger partial charge in [-0.15, -0.1) is 0 Å². The number of benzene rings is 9. The van der Waals surface area contributed by atoms with E-state index >= 15 is 0 Å². The van der Waals surface area contributed by atoms with Crippen LogP contribution in [-0.4, -0.2) is 4.57 Å². The highest BCUT2D eigenvalue weighted by Gasteiger charge is 2.46. The second kappa shape index (κ2) is 15.1. The van der Waals surface area contributed by atoms with Crippen LogP contribution < -0.4 is 4.90 Å². The molecule has 2 aliphatic rings. The first kappa shape index (κ1) is 37.8. The summed E-state index contributed by atoms with van der Waals surface area (Å²) in [5.41, 5.74) is 17.7. The topological polar surface area (TPSA) is 8.17 Å². The molecule has 0 aliphatic heterocycles. The molecule has 2 heteroatoms. The molecular weight excluding hydrogens is 773 g/mol. The molecule has 64 heavy (non-hydrogen) atoms. The van der Waals surface area contributed by atoms with E-state index in [1.807, 2.05) is 0 Å². The van der Waals surface area contributed by atoms with E-state index in [1.54, 1.807) is 0 Å². The average Bonchev–Trinajstić information content (AvgIpc) is 3.85. The Balaban J connectivity index is 1.02. The number of rotatable bonds is 8. The van der Waals surface area contributed by atoms with Crippen molar-refractivity contribution in [2.45, 2.75) is 24.2 Å². The molecule has 9 aromatic carbocycles. The van der Waals surface area contributed by atoms with Crippen molar-refractivity contribution in [2.75, 3.05) is 4.90 Å². The second-order valence-electron chi connectivity index (χ2n) is 17.5. The summed E-state index contributed by atoms with van der Waals surface area (Å²) in [4.78, 5) is 2.43. The minimum absolute atomic E-state index is 0.0913. The van der Waals surface area contributed by atoms with Gasteiger partial charge in [-0.25, -0.2) is 0 Å². The number of allylic oxidation sites excluding steroid dienone is 4. The van der Waals surface area contributed by atoms with Crippen LogP contribution in [0.3, 0.4) is 0 Å². The Bertz CT molecular complexity index is 3370. The van der Waals surface area contributed by atoms with Crippen LogP contribution in [0.25, 0.3) is 49.7 Å². The molecule has 0 N–H and O–H groups in total. The van der Waals surface area contributed by atoms with Crippen molar-refractivity contribution in [1.29, 1.82) is 0 Å². The van der Waals surface area contributed by atoms with E-state index in [1.165, 1.54) is 71.9 Å². The van der Waals surface area contributed by atoms with Gasteiger partial charge in [0.05, 0.1) is 16.4 Å². The predicted octanol–water partition coefficient (Wildman–Crippen LogP) is 16.1. The monoisotopic (exact) mass is 818 g/mol. The van der Waals surface area contributed by atoms with Gasteiger partial charge in [0.25, 0.3) is 0 Å². The van der Waals surface area contributed by atoms with Gasteiger partial charge < -0.3 is 9.47 Å². The zero-order valence-corrected chi connectivity index (χ0v) is 35.8. The maximum atomic E-state index is 2.45. The molecule has 1 atom stereocenters. The van der Waals surface area contributed by atoms with Gasteiger partial charge in [-0.3, -0.25) is 0 Å². The number of para-hydroxylation sites is 2. The third-order valence-corrected chi connectivity index (χ3v) is 13.9. The van der Waals surface area contributed by atoms with Gasteiger partial charge in [-0.2, -0.15) is 0 Å². The summed E-state index contributed by atoms with van der Waals surface area (Å²) in [6.45, 7) is 2.34. The van der Waals surface area contributed by atoms with E-state index in [0.29, 0.717) is 0 Å². The van der Waals surface area contributed by atoms with E-state index < -0.39 is 5.41 Å². The normalized spacial score (nSPS) is 15.9. The average molecular weight is 819 g/mol. The summed E-state index contributed by atoms with van der Waals surface area (Å²) < 4.78 is 2.41. The summed E-state index contributed by atoms with van der Waals surface area (Å²) in [7, 11) is 0. The van der Waals surface area contributed by atoms with Crippen LogP contribution in [0.4, 0.5) is 17.1 Å². The minimum atomic E-state index is -0.451. The number of anilines is 3. The Labute approximate surface area is 375 Å². The van der Waals surface area contributed by atoms with Crippen LogP contribution in [0.15, 0.2) is 249 Å². The van der Waals surface area contributed by atoms with Gasteiger partial charge >= 0.3 is 0 Å². The first-order valence-electron chi connectivity index (χ1n) is 22.4. The zero-order valence-electron chi connectivity index (χ0n) is 35.8. The lowest BCUT2D eigenvalue weighted by Gasteiger charge is -2.34. The maximum absolute atomic E-state index is 2.45. The number of hydrogen-bond donors (Lipinski definition) is 0. The van der Waals surface area contributed by atoms with E-state index in [0.717, 1.165) is 29.2 Å². The summed E-state index contributed by atoms with van der Waals surface area (Å²) >= 11 is 0. The molecule has 0 saturated carbocycles. The summed E-state index contributed by atoms with van der Waals surface area (Å²) in [5.74, 6) is 0. The van der Waals surface area contributed by atoms with Crippen LogP contribution in [-0.2, 0) is 10.8 Å². The fourth-order valence-corrected chi connectivity index (χ4v) is 10.8. The molecule has 0 radical (unpaired) electrons. The molecule has 1 unspecified atom stereocenters. The zero-order chi connectivity index (χ0) is 42.7. The largest absolute Gasteiger partial charge is 0.310 e. The van der Waals surface area contributed by atoms with Gasteiger partial charge in [0, 0.05) is 38.9 Å². The van der Waals surface area contributed by atoms with Crippen LogP contribution in [0.2, 0.25) is 0 Å².